The second-order valence-corrected chi connectivity index (χ2v) is 4.81. The van der Waals surface area contributed by atoms with Crippen molar-refractivity contribution >= 4 is 11.6 Å². The second kappa shape index (κ2) is 6.20. The highest BCUT2D eigenvalue weighted by Crippen LogP contribution is 2.36. The van der Waals surface area contributed by atoms with Crippen molar-refractivity contribution in [2.75, 3.05) is 19.7 Å². The number of likely N-dealkylation sites (tertiary alicyclic amines) is 1. The van der Waals surface area contributed by atoms with E-state index in [0.29, 0.717) is 25.2 Å². The zero-order chi connectivity index (χ0) is 16.3. The van der Waals surface area contributed by atoms with Crippen LogP contribution in [0.5, 0.6) is 5.75 Å². The van der Waals surface area contributed by atoms with Gasteiger partial charge in [-0.3, -0.25) is 14.9 Å². The van der Waals surface area contributed by atoms with Crippen molar-refractivity contribution in [2.24, 2.45) is 0 Å². The number of alkyl halides is 3. The van der Waals surface area contributed by atoms with E-state index in [0.717, 1.165) is 18.9 Å². The van der Waals surface area contributed by atoms with Gasteiger partial charge in [-0.25, -0.2) is 0 Å². The van der Waals surface area contributed by atoms with Crippen molar-refractivity contribution in [1.29, 1.82) is 0 Å². The molecule has 1 saturated heterocycles. The Morgan fingerprint density at radius 1 is 1.32 bits per heavy atom. The Labute approximate surface area is 123 Å². The molecular formula is C13H13F3N2O4. The largest absolute Gasteiger partial charge is 0.477 e. The quantitative estimate of drug-likeness (QED) is 0.632. The van der Waals surface area contributed by atoms with E-state index in [-0.39, 0.29) is 11.7 Å². The van der Waals surface area contributed by atoms with Gasteiger partial charge < -0.3 is 9.64 Å². The Kier molecular flexibility index (Phi) is 4.53. The van der Waals surface area contributed by atoms with E-state index in [4.69, 9.17) is 4.74 Å². The lowest BCUT2D eigenvalue weighted by Gasteiger charge is -2.15. The SMILES string of the molecule is O=C(COc1ccc(C(F)(F)F)cc1[N+](=O)[O-])N1CCCC1. The van der Waals surface area contributed by atoms with E-state index in [1.807, 2.05) is 0 Å². The molecule has 22 heavy (non-hydrogen) atoms. The number of nitro benzene ring substituents is 1. The number of amides is 1. The third kappa shape index (κ3) is 3.66. The van der Waals surface area contributed by atoms with Crippen LogP contribution in [-0.2, 0) is 11.0 Å². The van der Waals surface area contributed by atoms with Crippen molar-refractivity contribution in [3.8, 4) is 5.75 Å². The monoisotopic (exact) mass is 318 g/mol. The minimum absolute atomic E-state index is 0.341. The van der Waals surface area contributed by atoms with Gasteiger partial charge in [0.2, 0.25) is 0 Å². The molecule has 0 aromatic heterocycles. The molecule has 0 bridgehead atoms. The van der Waals surface area contributed by atoms with Crippen LogP contribution in [0.3, 0.4) is 0 Å². The molecule has 0 spiro atoms. The Morgan fingerprint density at radius 2 is 1.95 bits per heavy atom. The van der Waals surface area contributed by atoms with Crippen LogP contribution in [0.1, 0.15) is 18.4 Å². The molecule has 0 atom stereocenters. The molecule has 1 heterocycles. The molecule has 0 unspecified atom stereocenters. The zero-order valence-corrected chi connectivity index (χ0v) is 11.4. The number of hydrogen-bond donors (Lipinski definition) is 0. The fourth-order valence-electron chi connectivity index (χ4n) is 2.16. The normalized spacial score (nSPS) is 15.0. The molecule has 0 radical (unpaired) electrons. The average molecular weight is 318 g/mol. The van der Waals surface area contributed by atoms with Crippen LogP contribution < -0.4 is 4.74 Å². The van der Waals surface area contributed by atoms with Crippen molar-refractivity contribution in [2.45, 2.75) is 19.0 Å². The van der Waals surface area contributed by atoms with Gasteiger partial charge in [0.05, 0.1) is 10.5 Å². The average Bonchev–Trinajstić information content (AvgIpc) is 2.97. The second-order valence-electron chi connectivity index (χ2n) is 4.81. The summed E-state index contributed by atoms with van der Waals surface area (Å²) in [5, 5.41) is 10.9. The molecular weight excluding hydrogens is 305 g/mol. The number of nitro groups is 1. The van der Waals surface area contributed by atoms with E-state index in [2.05, 4.69) is 0 Å². The van der Waals surface area contributed by atoms with Crippen molar-refractivity contribution in [3.05, 3.63) is 33.9 Å². The number of rotatable bonds is 4. The van der Waals surface area contributed by atoms with Crippen LogP contribution in [-0.4, -0.2) is 35.4 Å². The third-order valence-corrected chi connectivity index (χ3v) is 3.29. The Morgan fingerprint density at radius 3 is 2.50 bits per heavy atom. The van der Waals surface area contributed by atoms with Gasteiger partial charge in [-0.15, -0.1) is 0 Å². The highest BCUT2D eigenvalue weighted by molar-refractivity contribution is 5.78. The fraction of sp³-hybridized carbons (Fsp3) is 0.462. The summed E-state index contributed by atoms with van der Waals surface area (Å²) in [7, 11) is 0. The first-order valence-corrected chi connectivity index (χ1v) is 6.55. The van der Waals surface area contributed by atoms with Crippen LogP contribution in [0.4, 0.5) is 18.9 Å². The van der Waals surface area contributed by atoms with Gasteiger partial charge in [0.25, 0.3) is 5.91 Å². The lowest BCUT2D eigenvalue weighted by molar-refractivity contribution is -0.386. The maximum Gasteiger partial charge on any atom is 0.416 e. The molecule has 1 fully saturated rings. The molecule has 0 aliphatic carbocycles. The molecule has 1 aromatic rings. The smallest absolute Gasteiger partial charge is 0.416 e. The third-order valence-electron chi connectivity index (χ3n) is 3.29. The van der Waals surface area contributed by atoms with Crippen LogP contribution in [0, 0.1) is 10.1 Å². The molecule has 0 N–H and O–H groups in total. The summed E-state index contributed by atoms with van der Waals surface area (Å²) < 4.78 is 42.7. The topological polar surface area (TPSA) is 72.7 Å². The molecule has 2 rings (SSSR count). The van der Waals surface area contributed by atoms with Gasteiger partial charge in [-0.2, -0.15) is 13.2 Å². The number of carbonyl (C=O) groups excluding carboxylic acids is 1. The van der Waals surface area contributed by atoms with Crippen LogP contribution in [0.2, 0.25) is 0 Å². The zero-order valence-electron chi connectivity index (χ0n) is 11.4. The van der Waals surface area contributed by atoms with Gasteiger partial charge >= 0.3 is 11.9 Å². The van der Waals surface area contributed by atoms with Crippen molar-refractivity contribution in [1.82, 2.24) is 4.90 Å². The van der Waals surface area contributed by atoms with Crippen molar-refractivity contribution < 1.29 is 27.6 Å². The van der Waals surface area contributed by atoms with Crippen LogP contribution >= 0.6 is 0 Å². The number of hydrogen-bond acceptors (Lipinski definition) is 4. The first-order chi connectivity index (χ1) is 10.3. The lowest BCUT2D eigenvalue weighted by Crippen LogP contribution is -2.32. The number of carbonyl (C=O) groups is 1. The Hall–Kier alpha value is -2.32. The maximum absolute atomic E-state index is 12.6. The summed E-state index contributed by atoms with van der Waals surface area (Å²) in [6, 6.07) is 1.94. The minimum atomic E-state index is -4.69. The minimum Gasteiger partial charge on any atom is -0.477 e. The van der Waals surface area contributed by atoms with E-state index in [1.54, 1.807) is 4.90 Å². The molecule has 9 heteroatoms. The van der Waals surface area contributed by atoms with E-state index < -0.39 is 29.0 Å². The van der Waals surface area contributed by atoms with Crippen molar-refractivity contribution in [3.63, 3.8) is 0 Å². The van der Waals surface area contributed by atoms with Gasteiger partial charge in [-0.05, 0) is 25.0 Å². The number of ether oxygens (including phenoxy) is 1. The predicted molar refractivity (Wildman–Crippen MR) is 69.4 cm³/mol. The van der Waals surface area contributed by atoms with Gasteiger partial charge in [0.15, 0.2) is 12.4 Å². The van der Waals surface area contributed by atoms with E-state index >= 15 is 0 Å². The number of halogens is 3. The molecule has 1 amide bonds. The Balaban J connectivity index is 2.13. The lowest BCUT2D eigenvalue weighted by atomic mass is 10.2. The predicted octanol–water partition coefficient (Wildman–Crippen LogP) is 2.61. The first kappa shape index (κ1) is 16.1. The van der Waals surface area contributed by atoms with E-state index in [9.17, 15) is 28.1 Å². The van der Waals surface area contributed by atoms with E-state index in [1.165, 1.54) is 0 Å². The molecule has 120 valence electrons. The number of nitrogens with zero attached hydrogens (tertiary/aromatic N) is 2. The summed E-state index contributed by atoms with van der Waals surface area (Å²) >= 11 is 0. The molecule has 1 aliphatic rings. The molecule has 6 nitrogen and oxygen atoms in total. The molecule has 1 aliphatic heterocycles. The highest BCUT2D eigenvalue weighted by atomic mass is 19.4. The van der Waals surface area contributed by atoms with Gasteiger partial charge in [0, 0.05) is 19.2 Å². The van der Waals surface area contributed by atoms with Crippen LogP contribution in [0.25, 0.3) is 0 Å². The van der Waals surface area contributed by atoms with Gasteiger partial charge in [0.1, 0.15) is 0 Å². The van der Waals surface area contributed by atoms with Gasteiger partial charge in [-0.1, -0.05) is 0 Å². The fourth-order valence-corrected chi connectivity index (χ4v) is 2.16. The standard InChI is InChI=1S/C13H13F3N2O4/c14-13(15,16)9-3-4-11(10(7-9)18(20)21)22-8-12(19)17-5-1-2-6-17/h3-4,7H,1-2,5-6,8H2. The summed E-state index contributed by atoms with van der Waals surface area (Å²) in [6.07, 6.45) is -2.92. The highest BCUT2D eigenvalue weighted by Gasteiger charge is 2.33. The summed E-state index contributed by atoms with van der Waals surface area (Å²) in [5.74, 6) is -0.697. The molecule has 0 saturated carbocycles. The summed E-state index contributed by atoms with van der Waals surface area (Å²) in [5.41, 5.74) is -1.96. The molecule has 1 aromatic carbocycles. The summed E-state index contributed by atoms with van der Waals surface area (Å²) in [4.78, 5) is 23.2. The van der Waals surface area contributed by atoms with Crippen LogP contribution in [0.15, 0.2) is 18.2 Å². The summed E-state index contributed by atoms with van der Waals surface area (Å²) in [6.45, 7) is 0.751. The Bertz CT molecular complexity index is 583. The maximum atomic E-state index is 12.6. The number of benzene rings is 1. The first-order valence-electron chi connectivity index (χ1n) is 6.55.